The van der Waals surface area contributed by atoms with E-state index < -0.39 is 23.3 Å². The fraction of sp³-hybridized carbons (Fsp3) is 0.727. The van der Waals surface area contributed by atoms with E-state index in [1.54, 1.807) is 0 Å². The molecule has 1 atom stereocenters. The first kappa shape index (κ1) is 14.0. The van der Waals surface area contributed by atoms with Gasteiger partial charge in [0.05, 0.1) is 0 Å². The molecule has 1 saturated heterocycles. The first-order valence-electron chi connectivity index (χ1n) is 5.73. The zero-order valence-corrected chi connectivity index (χ0v) is 11.1. The Morgan fingerprint density at radius 3 is 2.12 bits per heavy atom. The van der Waals surface area contributed by atoms with Gasteiger partial charge in [-0.3, -0.25) is 20.2 Å². The number of hydrogen-bond donors (Lipinski definition) is 2. The third-order valence-electron chi connectivity index (χ3n) is 3.25. The van der Waals surface area contributed by atoms with Crippen molar-refractivity contribution in [3.05, 3.63) is 0 Å². The predicted molar refractivity (Wildman–Crippen MR) is 66.6 cm³/mol. The van der Waals surface area contributed by atoms with Crippen molar-refractivity contribution in [1.82, 2.24) is 10.6 Å². The van der Waals surface area contributed by atoms with Crippen molar-refractivity contribution < 1.29 is 14.4 Å². The molecule has 96 valence electrons. The van der Waals surface area contributed by atoms with Gasteiger partial charge in [-0.2, -0.15) is 11.8 Å². The molecule has 1 fully saturated rings. The molecule has 0 aromatic rings. The van der Waals surface area contributed by atoms with E-state index in [1.165, 1.54) is 11.8 Å². The normalized spacial score (nSPS) is 20.8. The number of imide groups is 2. The fourth-order valence-corrected chi connectivity index (χ4v) is 2.97. The maximum Gasteiger partial charge on any atom is 0.328 e. The van der Waals surface area contributed by atoms with Crippen molar-refractivity contribution in [3.8, 4) is 0 Å². The molecule has 0 aliphatic carbocycles. The Hall–Kier alpha value is -1.04. The van der Waals surface area contributed by atoms with Gasteiger partial charge in [0.15, 0.2) is 0 Å². The van der Waals surface area contributed by atoms with E-state index in [1.807, 2.05) is 20.8 Å². The number of thioether (sulfide) groups is 1. The molecule has 1 unspecified atom stereocenters. The van der Waals surface area contributed by atoms with Crippen molar-refractivity contribution in [2.24, 2.45) is 11.3 Å². The van der Waals surface area contributed by atoms with Gasteiger partial charge in [-0.1, -0.05) is 27.2 Å². The van der Waals surface area contributed by atoms with Crippen LogP contribution in [0.1, 0.15) is 27.2 Å². The van der Waals surface area contributed by atoms with Crippen LogP contribution in [0.2, 0.25) is 0 Å². The number of amides is 4. The molecule has 0 aromatic carbocycles. The molecule has 0 spiro atoms. The third-order valence-corrected chi connectivity index (χ3v) is 4.32. The molecule has 1 aliphatic heterocycles. The first-order valence-corrected chi connectivity index (χ1v) is 6.89. The van der Waals surface area contributed by atoms with Crippen molar-refractivity contribution in [1.29, 1.82) is 0 Å². The van der Waals surface area contributed by atoms with E-state index in [4.69, 9.17) is 0 Å². The lowest BCUT2D eigenvalue weighted by Gasteiger charge is -2.37. The predicted octanol–water partition coefficient (Wildman–Crippen LogP) is 1.14. The van der Waals surface area contributed by atoms with Gasteiger partial charge in [-0.25, -0.2) is 4.79 Å². The topological polar surface area (TPSA) is 75.3 Å². The number of carbonyl (C=O) groups excluding carboxylic acids is 3. The Bertz CT molecular complexity index is 324. The Labute approximate surface area is 105 Å². The monoisotopic (exact) mass is 258 g/mol. The summed E-state index contributed by atoms with van der Waals surface area (Å²) in [5.74, 6) is 0.189. The Kier molecular flexibility index (Phi) is 4.56. The van der Waals surface area contributed by atoms with Crippen LogP contribution in [0.15, 0.2) is 0 Å². The number of urea groups is 1. The van der Waals surface area contributed by atoms with Gasteiger partial charge >= 0.3 is 6.03 Å². The zero-order valence-electron chi connectivity index (χ0n) is 10.3. The lowest BCUT2D eigenvalue weighted by Crippen LogP contribution is -2.65. The molecule has 0 aromatic heterocycles. The van der Waals surface area contributed by atoms with Crippen molar-refractivity contribution in [2.75, 3.05) is 11.5 Å². The van der Waals surface area contributed by atoms with E-state index in [2.05, 4.69) is 10.6 Å². The summed E-state index contributed by atoms with van der Waals surface area (Å²) in [7, 11) is 0. The molecule has 0 bridgehead atoms. The SMILES string of the molecule is CCSCC1(C(C)CC)C(=O)NC(=O)NC1=O. The largest absolute Gasteiger partial charge is 0.328 e. The molecule has 6 heteroatoms. The van der Waals surface area contributed by atoms with Crippen LogP contribution in [-0.2, 0) is 9.59 Å². The van der Waals surface area contributed by atoms with E-state index in [9.17, 15) is 14.4 Å². The minimum absolute atomic E-state index is 0.102. The second-order valence-electron chi connectivity index (χ2n) is 4.16. The van der Waals surface area contributed by atoms with Crippen LogP contribution in [0.3, 0.4) is 0 Å². The zero-order chi connectivity index (χ0) is 13.1. The quantitative estimate of drug-likeness (QED) is 0.725. The Morgan fingerprint density at radius 1 is 1.18 bits per heavy atom. The summed E-state index contributed by atoms with van der Waals surface area (Å²) < 4.78 is 0. The van der Waals surface area contributed by atoms with Crippen LogP contribution in [0, 0.1) is 11.3 Å². The number of hydrogen-bond acceptors (Lipinski definition) is 4. The maximum atomic E-state index is 12.0. The molecule has 1 rings (SSSR count). The molecule has 0 saturated carbocycles. The summed E-state index contributed by atoms with van der Waals surface area (Å²) in [6, 6.07) is -0.722. The highest BCUT2D eigenvalue weighted by atomic mass is 32.2. The van der Waals surface area contributed by atoms with Crippen LogP contribution in [0.25, 0.3) is 0 Å². The molecular weight excluding hydrogens is 240 g/mol. The van der Waals surface area contributed by atoms with Crippen LogP contribution in [-0.4, -0.2) is 29.4 Å². The first-order chi connectivity index (χ1) is 7.98. The van der Waals surface area contributed by atoms with E-state index in [0.29, 0.717) is 12.2 Å². The molecule has 4 amide bonds. The standard InChI is InChI=1S/C11H18N2O3S/c1-4-7(3)11(6-17-5-2)8(14)12-10(16)13-9(11)15/h7H,4-6H2,1-3H3,(H2,12,13,14,15,16). The molecule has 0 radical (unpaired) electrons. The molecule has 2 N–H and O–H groups in total. The van der Waals surface area contributed by atoms with E-state index >= 15 is 0 Å². The van der Waals surface area contributed by atoms with E-state index in [-0.39, 0.29) is 5.92 Å². The summed E-state index contributed by atoms with van der Waals surface area (Å²) in [6.07, 6.45) is 0.708. The summed E-state index contributed by atoms with van der Waals surface area (Å²) in [6.45, 7) is 5.77. The molecular formula is C11H18N2O3S. The highest BCUT2D eigenvalue weighted by Crippen LogP contribution is 2.36. The molecule has 1 heterocycles. The summed E-state index contributed by atoms with van der Waals surface area (Å²) in [4.78, 5) is 35.2. The van der Waals surface area contributed by atoms with Crippen LogP contribution in [0.5, 0.6) is 0 Å². The average Bonchev–Trinajstić information content (AvgIpc) is 2.27. The average molecular weight is 258 g/mol. The van der Waals surface area contributed by atoms with Gasteiger partial charge in [0.25, 0.3) is 0 Å². The van der Waals surface area contributed by atoms with Gasteiger partial charge in [-0.05, 0) is 11.7 Å². The minimum atomic E-state index is -1.12. The van der Waals surface area contributed by atoms with Crippen molar-refractivity contribution in [2.45, 2.75) is 27.2 Å². The van der Waals surface area contributed by atoms with Gasteiger partial charge in [0, 0.05) is 5.75 Å². The highest BCUT2D eigenvalue weighted by Gasteiger charge is 2.53. The van der Waals surface area contributed by atoms with Gasteiger partial charge in [-0.15, -0.1) is 0 Å². The smallest absolute Gasteiger partial charge is 0.277 e. The van der Waals surface area contributed by atoms with Gasteiger partial charge in [0.1, 0.15) is 5.41 Å². The molecule has 1 aliphatic rings. The third kappa shape index (κ3) is 2.46. The summed E-state index contributed by atoms with van der Waals surface area (Å²) in [5, 5.41) is 4.40. The maximum absolute atomic E-state index is 12.0. The number of rotatable bonds is 5. The van der Waals surface area contributed by atoms with Crippen molar-refractivity contribution >= 4 is 29.6 Å². The number of carbonyl (C=O) groups is 3. The fourth-order valence-electron chi connectivity index (χ4n) is 1.90. The lowest BCUT2D eigenvalue weighted by molar-refractivity contribution is -0.146. The Morgan fingerprint density at radius 2 is 1.71 bits per heavy atom. The summed E-state index contributed by atoms with van der Waals surface area (Å²) in [5.41, 5.74) is -1.12. The lowest BCUT2D eigenvalue weighted by atomic mass is 9.74. The van der Waals surface area contributed by atoms with Gasteiger partial charge < -0.3 is 0 Å². The van der Waals surface area contributed by atoms with Crippen molar-refractivity contribution in [3.63, 3.8) is 0 Å². The second kappa shape index (κ2) is 5.53. The Balaban J connectivity index is 3.06. The summed E-state index contributed by atoms with van der Waals surface area (Å²) >= 11 is 1.53. The molecule has 5 nitrogen and oxygen atoms in total. The van der Waals surface area contributed by atoms with Crippen LogP contribution >= 0.6 is 11.8 Å². The highest BCUT2D eigenvalue weighted by molar-refractivity contribution is 7.99. The van der Waals surface area contributed by atoms with Crippen LogP contribution < -0.4 is 10.6 Å². The second-order valence-corrected chi connectivity index (χ2v) is 5.43. The molecule has 17 heavy (non-hydrogen) atoms. The van der Waals surface area contributed by atoms with E-state index in [0.717, 1.165) is 5.75 Å². The van der Waals surface area contributed by atoms with Crippen LogP contribution in [0.4, 0.5) is 4.79 Å². The van der Waals surface area contributed by atoms with Gasteiger partial charge in [0.2, 0.25) is 11.8 Å². The number of nitrogens with one attached hydrogen (secondary N) is 2. The minimum Gasteiger partial charge on any atom is -0.277 e. The number of barbiturate groups is 1.